The topological polar surface area (TPSA) is 58.7 Å². The quantitative estimate of drug-likeness (QED) is 0.418. The van der Waals surface area contributed by atoms with E-state index in [1.165, 1.54) is 17.3 Å². The summed E-state index contributed by atoms with van der Waals surface area (Å²) in [5.74, 6) is 0.455. The van der Waals surface area contributed by atoms with Crippen molar-refractivity contribution in [3.8, 4) is 11.8 Å². The maximum absolute atomic E-state index is 13.2. The highest BCUT2D eigenvalue weighted by Crippen LogP contribution is 2.27. The van der Waals surface area contributed by atoms with E-state index in [1.54, 1.807) is 29.7 Å². The van der Waals surface area contributed by atoms with E-state index in [4.69, 9.17) is 11.6 Å². The van der Waals surface area contributed by atoms with Gasteiger partial charge in [-0.25, -0.2) is 4.98 Å². The van der Waals surface area contributed by atoms with Gasteiger partial charge in [0.1, 0.15) is 0 Å². The standard InChI is InChI=1S/C21H20ClN3OS/c1-4-13(2)15-5-8-17(9-6-15)25-20(26)18-11-16(22)7-10-19(18)24-21(25)27-14(3)12-23/h5-11,13-14H,4H2,1-3H3/t13-,14-/m0/s1. The zero-order chi connectivity index (χ0) is 19.6. The number of nitrogens with zero attached hydrogens (tertiary/aromatic N) is 3. The monoisotopic (exact) mass is 397 g/mol. The zero-order valence-corrected chi connectivity index (χ0v) is 17.0. The van der Waals surface area contributed by atoms with Crippen LogP contribution in [0, 0.1) is 11.3 Å². The molecule has 0 radical (unpaired) electrons. The molecule has 2 atom stereocenters. The van der Waals surface area contributed by atoms with Crippen LogP contribution in [-0.4, -0.2) is 14.8 Å². The number of halogens is 1. The Morgan fingerprint density at radius 3 is 2.56 bits per heavy atom. The van der Waals surface area contributed by atoms with Gasteiger partial charge in [0, 0.05) is 5.02 Å². The van der Waals surface area contributed by atoms with Crippen LogP contribution in [0.25, 0.3) is 16.6 Å². The summed E-state index contributed by atoms with van der Waals surface area (Å²) in [6.07, 6.45) is 1.05. The van der Waals surface area contributed by atoms with Gasteiger partial charge in [-0.05, 0) is 55.2 Å². The molecule has 1 heterocycles. The molecule has 3 rings (SSSR count). The van der Waals surface area contributed by atoms with Crippen LogP contribution in [0.2, 0.25) is 5.02 Å². The van der Waals surface area contributed by atoms with Crippen LogP contribution < -0.4 is 5.56 Å². The maximum atomic E-state index is 13.2. The molecule has 0 aliphatic rings. The van der Waals surface area contributed by atoms with E-state index in [9.17, 15) is 10.1 Å². The molecule has 0 amide bonds. The van der Waals surface area contributed by atoms with Crippen LogP contribution in [0.4, 0.5) is 0 Å². The molecule has 2 aromatic carbocycles. The van der Waals surface area contributed by atoms with E-state index in [1.807, 2.05) is 24.3 Å². The van der Waals surface area contributed by atoms with Gasteiger partial charge >= 0.3 is 0 Å². The molecule has 6 heteroatoms. The minimum absolute atomic E-state index is 0.188. The molecule has 0 bridgehead atoms. The molecular weight excluding hydrogens is 378 g/mol. The third-order valence-corrected chi connectivity index (χ3v) is 5.77. The SMILES string of the molecule is CC[C@H](C)c1ccc(-n2c(S[C@@H](C)C#N)nc3ccc(Cl)cc3c2=O)cc1. The molecule has 0 N–H and O–H groups in total. The lowest BCUT2D eigenvalue weighted by Gasteiger charge is -2.15. The summed E-state index contributed by atoms with van der Waals surface area (Å²) in [5, 5.41) is 10.3. The fourth-order valence-corrected chi connectivity index (χ4v) is 3.80. The smallest absolute Gasteiger partial charge is 0.266 e. The number of benzene rings is 2. The fourth-order valence-electron chi connectivity index (χ4n) is 2.82. The van der Waals surface area contributed by atoms with Crippen molar-refractivity contribution in [1.29, 1.82) is 5.26 Å². The van der Waals surface area contributed by atoms with Crippen molar-refractivity contribution in [2.45, 2.75) is 43.5 Å². The summed E-state index contributed by atoms with van der Waals surface area (Å²) in [6.45, 7) is 6.12. The van der Waals surface area contributed by atoms with Crippen molar-refractivity contribution in [3.63, 3.8) is 0 Å². The van der Waals surface area contributed by atoms with Crippen LogP contribution in [-0.2, 0) is 0 Å². The van der Waals surface area contributed by atoms with Gasteiger partial charge in [0.2, 0.25) is 0 Å². The molecule has 27 heavy (non-hydrogen) atoms. The van der Waals surface area contributed by atoms with Gasteiger partial charge in [0.15, 0.2) is 5.16 Å². The number of thioether (sulfide) groups is 1. The Morgan fingerprint density at radius 2 is 1.93 bits per heavy atom. The highest BCUT2D eigenvalue weighted by molar-refractivity contribution is 8.00. The first kappa shape index (κ1) is 19.5. The average Bonchev–Trinajstić information content (AvgIpc) is 2.68. The maximum Gasteiger partial charge on any atom is 0.266 e. The third-order valence-electron chi connectivity index (χ3n) is 4.60. The number of aromatic nitrogens is 2. The van der Waals surface area contributed by atoms with Gasteiger partial charge in [-0.15, -0.1) is 0 Å². The first-order valence-electron chi connectivity index (χ1n) is 8.83. The Bertz CT molecular complexity index is 1070. The molecule has 138 valence electrons. The Kier molecular flexibility index (Phi) is 5.88. The first-order chi connectivity index (χ1) is 12.9. The van der Waals surface area contributed by atoms with Crippen molar-refractivity contribution < 1.29 is 0 Å². The van der Waals surface area contributed by atoms with Crippen LogP contribution in [0.3, 0.4) is 0 Å². The van der Waals surface area contributed by atoms with Crippen LogP contribution in [0.1, 0.15) is 38.7 Å². The second-order valence-corrected chi connectivity index (χ2v) is 8.23. The van der Waals surface area contributed by atoms with Gasteiger partial charge in [-0.3, -0.25) is 9.36 Å². The van der Waals surface area contributed by atoms with E-state index >= 15 is 0 Å². The Labute approximate surface area is 167 Å². The molecule has 0 saturated carbocycles. The summed E-state index contributed by atoms with van der Waals surface area (Å²) in [6, 6.07) is 15.2. The molecule has 0 aliphatic heterocycles. The predicted octanol–water partition coefficient (Wildman–Crippen LogP) is 5.56. The molecule has 0 fully saturated rings. The Hall–Kier alpha value is -2.29. The molecule has 0 saturated heterocycles. The molecule has 3 aromatic rings. The number of rotatable bonds is 5. The van der Waals surface area contributed by atoms with Crippen molar-refractivity contribution in [2.75, 3.05) is 0 Å². The summed E-state index contributed by atoms with van der Waals surface area (Å²) < 4.78 is 1.57. The zero-order valence-electron chi connectivity index (χ0n) is 15.4. The number of hydrogen-bond acceptors (Lipinski definition) is 4. The van der Waals surface area contributed by atoms with Crippen molar-refractivity contribution in [2.24, 2.45) is 0 Å². The van der Waals surface area contributed by atoms with Gasteiger partial charge < -0.3 is 0 Å². The first-order valence-corrected chi connectivity index (χ1v) is 10.1. The minimum atomic E-state index is -0.327. The van der Waals surface area contributed by atoms with Gasteiger partial charge in [0.25, 0.3) is 5.56 Å². The summed E-state index contributed by atoms with van der Waals surface area (Å²) in [5.41, 5.74) is 2.34. The molecular formula is C21H20ClN3OS. The lowest BCUT2D eigenvalue weighted by atomic mass is 9.98. The fraction of sp³-hybridized carbons (Fsp3) is 0.286. The Balaban J connectivity index is 2.22. The largest absolute Gasteiger partial charge is 0.268 e. The van der Waals surface area contributed by atoms with Gasteiger partial charge in [0.05, 0.1) is 27.9 Å². The van der Waals surface area contributed by atoms with E-state index < -0.39 is 0 Å². The van der Waals surface area contributed by atoms with E-state index in [2.05, 4.69) is 24.9 Å². The van der Waals surface area contributed by atoms with Crippen LogP contribution >= 0.6 is 23.4 Å². The van der Waals surface area contributed by atoms with E-state index in [0.717, 1.165) is 12.1 Å². The van der Waals surface area contributed by atoms with Crippen molar-refractivity contribution in [1.82, 2.24) is 9.55 Å². The number of fused-ring (bicyclic) bond motifs is 1. The molecule has 1 aromatic heterocycles. The number of hydrogen-bond donors (Lipinski definition) is 0. The average molecular weight is 398 g/mol. The van der Waals surface area contributed by atoms with E-state index in [-0.39, 0.29) is 10.8 Å². The summed E-state index contributed by atoms with van der Waals surface area (Å²) >= 11 is 7.35. The predicted molar refractivity (Wildman–Crippen MR) is 112 cm³/mol. The highest BCUT2D eigenvalue weighted by Gasteiger charge is 2.16. The highest BCUT2D eigenvalue weighted by atomic mass is 35.5. The Morgan fingerprint density at radius 1 is 1.22 bits per heavy atom. The number of nitriles is 1. The van der Waals surface area contributed by atoms with Crippen LogP contribution in [0.5, 0.6) is 0 Å². The molecule has 0 aliphatic carbocycles. The minimum Gasteiger partial charge on any atom is -0.268 e. The normalized spacial score (nSPS) is 13.3. The second-order valence-electron chi connectivity index (χ2n) is 6.49. The van der Waals surface area contributed by atoms with E-state index in [0.29, 0.717) is 27.0 Å². The molecule has 4 nitrogen and oxygen atoms in total. The van der Waals surface area contributed by atoms with Crippen LogP contribution in [0.15, 0.2) is 52.4 Å². The van der Waals surface area contributed by atoms with Gasteiger partial charge in [-0.1, -0.05) is 49.3 Å². The lowest BCUT2D eigenvalue weighted by Crippen LogP contribution is -2.22. The van der Waals surface area contributed by atoms with Crippen molar-refractivity contribution >= 4 is 34.3 Å². The molecule has 0 unspecified atom stereocenters. The molecule has 0 spiro atoms. The van der Waals surface area contributed by atoms with Gasteiger partial charge in [-0.2, -0.15) is 5.26 Å². The summed E-state index contributed by atoms with van der Waals surface area (Å²) in [7, 11) is 0. The summed E-state index contributed by atoms with van der Waals surface area (Å²) in [4.78, 5) is 17.8. The third kappa shape index (κ3) is 4.02. The van der Waals surface area contributed by atoms with Crippen molar-refractivity contribution in [3.05, 3.63) is 63.4 Å². The second kappa shape index (κ2) is 8.16. The lowest BCUT2D eigenvalue weighted by molar-refractivity contribution is 0.732.